The zero-order valence-electron chi connectivity index (χ0n) is 12.2. The standard InChI is InChI=1S/C14H27NO3/c1-14(2,3)18-13(16)12-8-7-10-15(12)9-5-6-11-17-4/h12H,5-11H2,1-4H3/t12-/m1/s1. The first kappa shape index (κ1) is 15.4. The molecule has 0 aromatic rings. The second-order valence-electron chi connectivity index (χ2n) is 5.93. The molecule has 1 aliphatic heterocycles. The van der Waals surface area contributed by atoms with E-state index < -0.39 is 0 Å². The molecule has 1 atom stereocenters. The number of nitrogens with zero attached hydrogens (tertiary/aromatic N) is 1. The van der Waals surface area contributed by atoms with Gasteiger partial charge in [0.2, 0.25) is 0 Å². The topological polar surface area (TPSA) is 38.8 Å². The van der Waals surface area contributed by atoms with Crippen LogP contribution in [0.3, 0.4) is 0 Å². The molecule has 4 nitrogen and oxygen atoms in total. The van der Waals surface area contributed by atoms with Crippen molar-refractivity contribution < 1.29 is 14.3 Å². The Labute approximate surface area is 111 Å². The maximum Gasteiger partial charge on any atom is 0.323 e. The van der Waals surface area contributed by atoms with Crippen molar-refractivity contribution in [3.05, 3.63) is 0 Å². The van der Waals surface area contributed by atoms with E-state index in [4.69, 9.17) is 9.47 Å². The van der Waals surface area contributed by atoms with Crippen molar-refractivity contribution in [3.8, 4) is 0 Å². The number of hydrogen-bond donors (Lipinski definition) is 0. The Bertz CT molecular complexity index is 260. The molecule has 106 valence electrons. The van der Waals surface area contributed by atoms with Crippen molar-refractivity contribution in [3.63, 3.8) is 0 Å². The molecule has 0 amide bonds. The Morgan fingerprint density at radius 1 is 1.33 bits per heavy atom. The van der Waals surface area contributed by atoms with Crippen molar-refractivity contribution in [2.45, 2.75) is 58.1 Å². The molecule has 1 rings (SSSR count). The van der Waals surface area contributed by atoms with Gasteiger partial charge in [-0.2, -0.15) is 0 Å². The third kappa shape index (κ3) is 5.36. The molecule has 4 heteroatoms. The van der Waals surface area contributed by atoms with Gasteiger partial charge < -0.3 is 9.47 Å². The molecule has 0 spiro atoms. The van der Waals surface area contributed by atoms with E-state index in [1.165, 1.54) is 0 Å². The zero-order valence-corrected chi connectivity index (χ0v) is 12.2. The van der Waals surface area contributed by atoms with E-state index in [-0.39, 0.29) is 17.6 Å². The largest absolute Gasteiger partial charge is 0.459 e. The van der Waals surface area contributed by atoms with Crippen LogP contribution in [0.4, 0.5) is 0 Å². The Morgan fingerprint density at radius 2 is 2.06 bits per heavy atom. The van der Waals surface area contributed by atoms with Crippen molar-refractivity contribution in [1.82, 2.24) is 4.90 Å². The average molecular weight is 257 g/mol. The zero-order chi connectivity index (χ0) is 13.6. The first-order valence-corrected chi connectivity index (χ1v) is 6.90. The first-order chi connectivity index (χ1) is 8.44. The Balaban J connectivity index is 2.36. The van der Waals surface area contributed by atoms with Crippen molar-refractivity contribution >= 4 is 5.97 Å². The summed E-state index contributed by atoms with van der Waals surface area (Å²) in [6, 6.07) is -0.0354. The second kappa shape index (κ2) is 7.10. The maximum absolute atomic E-state index is 12.1. The number of hydrogen-bond acceptors (Lipinski definition) is 4. The summed E-state index contributed by atoms with van der Waals surface area (Å²) in [5.41, 5.74) is -0.388. The lowest BCUT2D eigenvalue weighted by Crippen LogP contribution is -2.40. The summed E-state index contributed by atoms with van der Waals surface area (Å²) in [6.07, 6.45) is 4.15. The fourth-order valence-corrected chi connectivity index (χ4v) is 2.29. The van der Waals surface area contributed by atoms with Gasteiger partial charge in [-0.15, -0.1) is 0 Å². The normalized spacial score (nSPS) is 21.2. The fourth-order valence-electron chi connectivity index (χ4n) is 2.29. The Hall–Kier alpha value is -0.610. The maximum atomic E-state index is 12.1. The van der Waals surface area contributed by atoms with E-state index in [0.29, 0.717) is 0 Å². The van der Waals surface area contributed by atoms with Crippen LogP contribution in [-0.4, -0.2) is 49.3 Å². The third-order valence-electron chi connectivity index (χ3n) is 3.09. The highest BCUT2D eigenvalue weighted by molar-refractivity contribution is 5.76. The highest BCUT2D eigenvalue weighted by atomic mass is 16.6. The molecular weight excluding hydrogens is 230 g/mol. The SMILES string of the molecule is COCCCCN1CCC[C@@H]1C(=O)OC(C)(C)C. The third-order valence-corrected chi connectivity index (χ3v) is 3.09. The average Bonchev–Trinajstić information content (AvgIpc) is 2.70. The number of carbonyl (C=O) groups excluding carboxylic acids is 1. The smallest absolute Gasteiger partial charge is 0.323 e. The number of rotatable bonds is 6. The molecule has 0 aromatic heterocycles. The summed E-state index contributed by atoms with van der Waals surface area (Å²) < 4.78 is 10.5. The minimum absolute atomic E-state index is 0.0354. The van der Waals surface area contributed by atoms with E-state index in [2.05, 4.69) is 4.90 Å². The van der Waals surface area contributed by atoms with E-state index in [1.807, 2.05) is 20.8 Å². The predicted octanol–water partition coefficient (Wildman–Crippen LogP) is 2.22. The summed E-state index contributed by atoms with van der Waals surface area (Å²) in [5, 5.41) is 0. The van der Waals surface area contributed by atoms with Gasteiger partial charge in [-0.1, -0.05) is 0 Å². The summed E-state index contributed by atoms with van der Waals surface area (Å²) in [6.45, 7) is 8.53. The van der Waals surface area contributed by atoms with Gasteiger partial charge in [-0.05, 0) is 59.5 Å². The minimum Gasteiger partial charge on any atom is -0.459 e. The van der Waals surface area contributed by atoms with Gasteiger partial charge >= 0.3 is 5.97 Å². The van der Waals surface area contributed by atoms with Crippen molar-refractivity contribution in [2.75, 3.05) is 26.8 Å². The van der Waals surface area contributed by atoms with Crippen LogP contribution in [0.1, 0.15) is 46.5 Å². The van der Waals surface area contributed by atoms with E-state index in [9.17, 15) is 4.79 Å². The molecule has 0 radical (unpaired) electrons. The molecular formula is C14H27NO3. The summed E-state index contributed by atoms with van der Waals surface area (Å²) in [5.74, 6) is -0.0632. The molecule has 1 saturated heterocycles. The van der Waals surface area contributed by atoms with Gasteiger partial charge in [0, 0.05) is 13.7 Å². The van der Waals surface area contributed by atoms with Gasteiger partial charge in [-0.25, -0.2) is 0 Å². The molecule has 0 aromatic carbocycles. The summed E-state index contributed by atoms with van der Waals surface area (Å²) in [7, 11) is 1.72. The number of ether oxygens (including phenoxy) is 2. The van der Waals surface area contributed by atoms with Crippen LogP contribution in [-0.2, 0) is 14.3 Å². The Morgan fingerprint density at radius 3 is 2.67 bits per heavy atom. The fraction of sp³-hybridized carbons (Fsp3) is 0.929. The number of unbranched alkanes of at least 4 members (excludes halogenated alkanes) is 1. The van der Waals surface area contributed by atoms with Gasteiger partial charge in [-0.3, -0.25) is 9.69 Å². The molecule has 1 aliphatic rings. The van der Waals surface area contributed by atoms with E-state index in [1.54, 1.807) is 7.11 Å². The molecule has 18 heavy (non-hydrogen) atoms. The molecule has 0 aliphatic carbocycles. The molecule has 0 bridgehead atoms. The van der Waals surface area contributed by atoms with Crippen LogP contribution in [0.2, 0.25) is 0 Å². The van der Waals surface area contributed by atoms with Crippen LogP contribution in [0.25, 0.3) is 0 Å². The van der Waals surface area contributed by atoms with E-state index in [0.717, 1.165) is 45.4 Å². The summed E-state index contributed by atoms with van der Waals surface area (Å²) >= 11 is 0. The van der Waals surface area contributed by atoms with Crippen LogP contribution < -0.4 is 0 Å². The van der Waals surface area contributed by atoms with Gasteiger partial charge in [0.25, 0.3) is 0 Å². The minimum atomic E-state index is -0.388. The van der Waals surface area contributed by atoms with Crippen LogP contribution >= 0.6 is 0 Å². The molecule has 0 N–H and O–H groups in total. The quantitative estimate of drug-likeness (QED) is 0.540. The number of esters is 1. The van der Waals surface area contributed by atoms with Crippen molar-refractivity contribution in [2.24, 2.45) is 0 Å². The van der Waals surface area contributed by atoms with Crippen molar-refractivity contribution in [1.29, 1.82) is 0 Å². The highest BCUT2D eigenvalue weighted by Crippen LogP contribution is 2.21. The van der Waals surface area contributed by atoms with Gasteiger partial charge in [0.1, 0.15) is 11.6 Å². The van der Waals surface area contributed by atoms with Crippen LogP contribution in [0.15, 0.2) is 0 Å². The Kier molecular flexibility index (Phi) is 6.09. The molecule has 0 unspecified atom stereocenters. The lowest BCUT2D eigenvalue weighted by molar-refractivity contribution is -0.160. The first-order valence-electron chi connectivity index (χ1n) is 6.90. The highest BCUT2D eigenvalue weighted by Gasteiger charge is 2.33. The van der Waals surface area contributed by atoms with Crippen LogP contribution in [0, 0.1) is 0 Å². The van der Waals surface area contributed by atoms with E-state index >= 15 is 0 Å². The summed E-state index contributed by atoms with van der Waals surface area (Å²) in [4.78, 5) is 14.3. The molecule has 0 saturated carbocycles. The van der Waals surface area contributed by atoms with Gasteiger partial charge in [0.15, 0.2) is 0 Å². The number of carbonyl (C=O) groups is 1. The molecule has 1 heterocycles. The predicted molar refractivity (Wildman–Crippen MR) is 71.6 cm³/mol. The van der Waals surface area contributed by atoms with Crippen LogP contribution in [0.5, 0.6) is 0 Å². The lowest BCUT2D eigenvalue weighted by Gasteiger charge is -2.27. The monoisotopic (exact) mass is 257 g/mol. The number of methoxy groups -OCH3 is 1. The van der Waals surface area contributed by atoms with Gasteiger partial charge in [0.05, 0.1) is 0 Å². The second-order valence-corrected chi connectivity index (χ2v) is 5.93. The number of likely N-dealkylation sites (tertiary alicyclic amines) is 1. The lowest BCUT2D eigenvalue weighted by atomic mass is 10.1. The molecule has 1 fully saturated rings.